The van der Waals surface area contributed by atoms with E-state index < -0.39 is 0 Å². The highest BCUT2D eigenvalue weighted by Crippen LogP contribution is 2.19. The standard InChI is InChI=1S/C21H30N4O2/c1-16(2)10-11-24-12-14-25(15-13-24)20(26)9-8-19-22-23-21(27-19)18-6-4-17(3)5-7-18/h4-7,16H,8-15H2,1-3H3. The van der Waals surface area contributed by atoms with Crippen LogP contribution in [0.15, 0.2) is 28.7 Å². The van der Waals surface area contributed by atoms with E-state index in [4.69, 9.17) is 4.42 Å². The van der Waals surface area contributed by atoms with Crippen LogP contribution in [0.4, 0.5) is 0 Å². The molecule has 1 aliphatic heterocycles. The van der Waals surface area contributed by atoms with Crippen molar-refractivity contribution in [3.8, 4) is 11.5 Å². The maximum absolute atomic E-state index is 12.5. The number of rotatable bonds is 7. The van der Waals surface area contributed by atoms with E-state index in [1.54, 1.807) is 0 Å². The van der Waals surface area contributed by atoms with Crippen LogP contribution in [0.5, 0.6) is 0 Å². The van der Waals surface area contributed by atoms with E-state index in [1.165, 1.54) is 12.0 Å². The van der Waals surface area contributed by atoms with Gasteiger partial charge in [-0.25, -0.2) is 0 Å². The molecule has 6 heteroatoms. The second-order valence-corrected chi connectivity index (χ2v) is 7.77. The zero-order valence-electron chi connectivity index (χ0n) is 16.6. The summed E-state index contributed by atoms with van der Waals surface area (Å²) in [4.78, 5) is 16.9. The third-order valence-corrected chi connectivity index (χ3v) is 5.07. The minimum absolute atomic E-state index is 0.175. The van der Waals surface area contributed by atoms with Gasteiger partial charge in [-0.1, -0.05) is 31.5 Å². The molecule has 2 heterocycles. The van der Waals surface area contributed by atoms with Crippen molar-refractivity contribution in [2.24, 2.45) is 5.92 Å². The zero-order valence-corrected chi connectivity index (χ0v) is 16.6. The lowest BCUT2D eigenvalue weighted by atomic mass is 10.1. The molecule has 3 rings (SSSR count). The minimum Gasteiger partial charge on any atom is -0.421 e. The third kappa shape index (κ3) is 5.63. The van der Waals surface area contributed by atoms with Crippen molar-refractivity contribution in [1.82, 2.24) is 20.0 Å². The average Bonchev–Trinajstić information content (AvgIpc) is 3.14. The molecule has 1 aromatic heterocycles. The molecule has 27 heavy (non-hydrogen) atoms. The molecule has 0 radical (unpaired) electrons. The predicted molar refractivity (Wildman–Crippen MR) is 105 cm³/mol. The molecule has 146 valence electrons. The van der Waals surface area contributed by atoms with E-state index in [0.29, 0.717) is 24.6 Å². The summed E-state index contributed by atoms with van der Waals surface area (Å²) in [6, 6.07) is 7.97. The first-order chi connectivity index (χ1) is 13.0. The van der Waals surface area contributed by atoms with E-state index in [0.717, 1.165) is 44.2 Å². The molecule has 0 saturated carbocycles. The van der Waals surface area contributed by atoms with Crippen molar-refractivity contribution in [3.05, 3.63) is 35.7 Å². The van der Waals surface area contributed by atoms with Crippen molar-refractivity contribution < 1.29 is 9.21 Å². The Morgan fingerprint density at radius 3 is 2.48 bits per heavy atom. The topological polar surface area (TPSA) is 62.5 Å². The highest BCUT2D eigenvalue weighted by atomic mass is 16.4. The quantitative estimate of drug-likeness (QED) is 0.749. The van der Waals surface area contributed by atoms with Gasteiger partial charge in [0.1, 0.15) is 0 Å². The van der Waals surface area contributed by atoms with Crippen LogP contribution in [0.1, 0.15) is 38.1 Å². The molecule has 1 saturated heterocycles. The van der Waals surface area contributed by atoms with Crippen molar-refractivity contribution in [2.45, 2.75) is 40.0 Å². The van der Waals surface area contributed by atoms with Crippen LogP contribution >= 0.6 is 0 Å². The van der Waals surface area contributed by atoms with Crippen LogP contribution in [-0.2, 0) is 11.2 Å². The molecule has 1 amide bonds. The number of hydrogen-bond acceptors (Lipinski definition) is 5. The molecule has 0 spiro atoms. The Balaban J connectivity index is 1.44. The largest absolute Gasteiger partial charge is 0.421 e. The molecule has 1 aliphatic rings. The van der Waals surface area contributed by atoms with Crippen molar-refractivity contribution in [1.29, 1.82) is 0 Å². The zero-order chi connectivity index (χ0) is 19.2. The number of aryl methyl sites for hydroxylation is 2. The summed E-state index contributed by atoms with van der Waals surface area (Å²) in [6.45, 7) is 11.2. The Morgan fingerprint density at radius 2 is 1.81 bits per heavy atom. The van der Waals surface area contributed by atoms with Crippen LogP contribution in [0.3, 0.4) is 0 Å². The van der Waals surface area contributed by atoms with E-state index >= 15 is 0 Å². The lowest BCUT2D eigenvalue weighted by molar-refractivity contribution is -0.133. The predicted octanol–water partition coefficient (Wildman–Crippen LogP) is 3.17. The Bertz CT molecular complexity index is 731. The molecule has 6 nitrogen and oxygen atoms in total. The van der Waals surface area contributed by atoms with Gasteiger partial charge < -0.3 is 9.32 Å². The summed E-state index contributed by atoms with van der Waals surface area (Å²) in [5.74, 6) is 1.93. The van der Waals surface area contributed by atoms with E-state index in [1.807, 2.05) is 36.1 Å². The molecular weight excluding hydrogens is 340 g/mol. The van der Waals surface area contributed by atoms with Crippen LogP contribution in [0, 0.1) is 12.8 Å². The number of hydrogen-bond donors (Lipinski definition) is 0. The fourth-order valence-corrected chi connectivity index (χ4v) is 3.20. The lowest BCUT2D eigenvalue weighted by Crippen LogP contribution is -2.49. The average molecular weight is 370 g/mol. The highest BCUT2D eigenvalue weighted by Gasteiger charge is 2.21. The number of piperazine rings is 1. The Kier molecular flexibility index (Phi) is 6.61. The normalized spacial score (nSPS) is 15.5. The van der Waals surface area contributed by atoms with Gasteiger partial charge in [0.15, 0.2) is 0 Å². The molecule has 0 bridgehead atoms. The van der Waals surface area contributed by atoms with Crippen LogP contribution in [0.25, 0.3) is 11.5 Å². The van der Waals surface area contributed by atoms with Crippen LogP contribution in [0.2, 0.25) is 0 Å². The smallest absolute Gasteiger partial charge is 0.247 e. The highest BCUT2D eigenvalue weighted by molar-refractivity contribution is 5.76. The first kappa shape index (κ1) is 19.5. The number of nitrogens with zero attached hydrogens (tertiary/aromatic N) is 4. The Labute approximate surface area is 161 Å². The summed E-state index contributed by atoms with van der Waals surface area (Å²) in [6.07, 6.45) is 2.13. The summed E-state index contributed by atoms with van der Waals surface area (Å²) in [5.41, 5.74) is 2.09. The third-order valence-electron chi connectivity index (χ3n) is 5.07. The van der Waals surface area contributed by atoms with Gasteiger partial charge in [0, 0.05) is 44.6 Å². The summed E-state index contributed by atoms with van der Waals surface area (Å²) in [5, 5.41) is 8.19. The molecule has 0 aliphatic carbocycles. The molecule has 0 N–H and O–H groups in total. The first-order valence-corrected chi connectivity index (χ1v) is 9.91. The molecule has 1 aromatic carbocycles. The maximum Gasteiger partial charge on any atom is 0.247 e. The number of aromatic nitrogens is 2. The van der Waals surface area contributed by atoms with Gasteiger partial charge in [-0.3, -0.25) is 9.69 Å². The van der Waals surface area contributed by atoms with Crippen molar-refractivity contribution >= 4 is 5.91 Å². The van der Waals surface area contributed by atoms with Crippen LogP contribution < -0.4 is 0 Å². The number of carbonyl (C=O) groups is 1. The van der Waals surface area contributed by atoms with Crippen LogP contribution in [-0.4, -0.2) is 58.6 Å². The molecule has 2 aromatic rings. The monoisotopic (exact) mass is 370 g/mol. The molecule has 0 unspecified atom stereocenters. The van der Waals surface area contributed by atoms with E-state index in [9.17, 15) is 4.79 Å². The number of carbonyl (C=O) groups excluding carboxylic acids is 1. The maximum atomic E-state index is 12.5. The SMILES string of the molecule is Cc1ccc(-c2nnc(CCC(=O)N3CCN(CCC(C)C)CC3)o2)cc1. The van der Waals surface area contributed by atoms with Gasteiger partial charge in [-0.2, -0.15) is 0 Å². The van der Waals surface area contributed by atoms with Gasteiger partial charge >= 0.3 is 0 Å². The molecule has 0 atom stereocenters. The fraction of sp³-hybridized carbons (Fsp3) is 0.571. The van der Waals surface area contributed by atoms with E-state index in [2.05, 4.69) is 28.9 Å². The van der Waals surface area contributed by atoms with Crippen molar-refractivity contribution in [2.75, 3.05) is 32.7 Å². The summed E-state index contributed by atoms with van der Waals surface area (Å²) >= 11 is 0. The lowest BCUT2D eigenvalue weighted by Gasteiger charge is -2.35. The van der Waals surface area contributed by atoms with Crippen molar-refractivity contribution in [3.63, 3.8) is 0 Å². The molecule has 1 fully saturated rings. The summed E-state index contributed by atoms with van der Waals surface area (Å²) < 4.78 is 5.72. The van der Waals surface area contributed by atoms with E-state index in [-0.39, 0.29) is 5.91 Å². The van der Waals surface area contributed by atoms with Gasteiger partial charge in [0.2, 0.25) is 17.7 Å². The van der Waals surface area contributed by atoms with Gasteiger partial charge in [-0.15, -0.1) is 10.2 Å². The molecular formula is C21H30N4O2. The summed E-state index contributed by atoms with van der Waals surface area (Å²) in [7, 11) is 0. The second-order valence-electron chi connectivity index (χ2n) is 7.77. The van der Waals surface area contributed by atoms with Gasteiger partial charge in [0.05, 0.1) is 0 Å². The minimum atomic E-state index is 0.175. The number of benzene rings is 1. The first-order valence-electron chi connectivity index (χ1n) is 9.91. The second kappa shape index (κ2) is 9.13. The number of amides is 1. The van der Waals surface area contributed by atoms with Gasteiger partial charge in [0.25, 0.3) is 0 Å². The Hall–Kier alpha value is -2.21. The fourth-order valence-electron chi connectivity index (χ4n) is 3.20. The van der Waals surface area contributed by atoms with Gasteiger partial charge in [-0.05, 0) is 37.9 Å². The Morgan fingerprint density at radius 1 is 1.11 bits per heavy atom.